The Hall–Kier alpha value is -1.47. The average molecular weight is 295 g/mol. The molecule has 0 bridgehead atoms. The van der Waals surface area contributed by atoms with Gasteiger partial charge in [0.05, 0.1) is 24.7 Å². The molecule has 2 aromatic rings. The second-order valence-electron chi connectivity index (χ2n) is 4.76. The van der Waals surface area contributed by atoms with Gasteiger partial charge >= 0.3 is 0 Å². The Balaban J connectivity index is 2.34. The van der Waals surface area contributed by atoms with Crippen LogP contribution in [0.25, 0.3) is 10.1 Å². The lowest BCUT2D eigenvalue weighted by Gasteiger charge is -2.28. The fraction of sp³-hybridized carbons (Fsp3) is 0.357. The number of nitrogens with one attached hydrogen (secondary N) is 1. The molecule has 0 unspecified atom stereocenters. The van der Waals surface area contributed by atoms with Crippen molar-refractivity contribution in [2.75, 3.05) is 19.8 Å². The van der Waals surface area contributed by atoms with E-state index >= 15 is 0 Å². The molecule has 1 heterocycles. The van der Waals surface area contributed by atoms with E-state index in [0.717, 1.165) is 15.6 Å². The Kier molecular flexibility index (Phi) is 4.39. The molecule has 0 saturated heterocycles. The minimum Gasteiger partial charge on any atom is -0.394 e. The standard InChI is InChI=1S/C14H17NO4S/c1-9-10-4-2-3-5-11(10)20-12(9)13(19)15-14(6-16,7-17)8-18/h2-5,16-18H,6-8H2,1H3,(H,15,19). The Morgan fingerprint density at radius 2 is 1.80 bits per heavy atom. The van der Waals surface area contributed by atoms with Crippen molar-refractivity contribution in [3.05, 3.63) is 34.7 Å². The molecule has 0 aliphatic heterocycles. The van der Waals surface area contributed by atoms with Crippen LogP contribution >= 0.6 is 11.3 Å². The normalized spacial score (nSPS) is 11.8. The Bertz CT molecular complexity index is 610. The molecule has 0 saturated carbocycles. The lowest BCUT2D eigenvalue weighted by Crippen LogP contribution is -2.57. The van der Waals surface area contributed by atoms with Crippen LogP contribution in [-0.4, -0.2) is 46.6 Å². The highest BCUT2D eigenvalue weighted by Crippen LogP contribution is 2.30. The summed E-state index contributed by atoms with van der Waals surface area (Å²) >= 11 is 1.35. The number of aliphatic hydroxyl groups is 3. The summed E-state index contributed by atoms with van der Waals surface area (Å²) < 4.78 is 0.998. The molecule has 0 fully saturated rings. The fourth-order valence-corrected chi connectivity index (χ4v) is 3.06. The van der Waals surface area contributed by atoms with Crippen molar-refractivity contribution in [3.63, 3.8) is 0 Å². The summed E-state index contributed by atoms with van der Waals surface area (Å²) in [6.07, 6.45) is 0. The first-order valence-electron chi connectivity index (χ1n) is 6.20. The van der Waals surface area contributed by atoms with E-state index in [4.69, 9.17) is 0 Å². The highest BCUT2D eigenvalue weighted by molar-refractivity contribution is 7.21. The van der Waals surface area contributed by atoms with Gasteiger partial charge in [0.1, 0.15) is 5.54 Å². The van der Waals surface area contributed by atoms with Gasteiger partial charge in [-0.15, -0.1) is 11.3 Å². The largest absolute Gasteiger partial charge is 0.394 e. The first-order valence-corrected chi connectivity index (χ1v) is 7.02. The predicted molar refractivity (Wildman–Crippen MR) is 78.0 cm³/mol. The van der Waals surface area contributed by atoms with E-state index in [-0.39, 0.29) is 0 Å². The number of hydrogen-bond acceptors (Lipinski definition) is 5. The van der Waals surface area contributed by atoms with Gasteiger partial charge in [0.25, 0.3) is 5.91 Å². The molecule has 0 radical (unpaired) electrons. The summed E-state index contributed by atoms with van der Waals surface area (Å²) in [6, 6.07) is 7.68. The van der Waals surface area contributed by atoms with E-state index in [2.05, 4.69) is 5.32 Å². The van der Waals surface area contributed by atoms with Crippen LogP contribution in [0.2, 0.25) is 0 Å². The smallest absolute Gasteiger partial charge is 0.262 e. The first-order chi connectivity index (χ1) is 9.56. The van der Waals surface area contributed by atoms with Crippen molar-refractivity contribution in [2.24, 2.45) is 0 Å². The second-order valence-corrected chi connectivity index (χ2v) is 5.81. The van der Waals surface area contributed by atoms with E-state index < -0.39 is 31.3 Å². The van der Waals surface area contributed by atoms with Gasteiger partial charge < -0.3 is 20.6 Å². The zero-order valence-corrected chi connectivity index (χ0v) is 11.9. The molecule has 20 heavy (non-hydrogen) atoms. The molecule has 0 aliphatic carbocycles. The van der Waals surface area contributed by atoms with Crippen LogP contribution in [0.1, 0.15) is 15.2 Å². The maximum Gasteiger partial charge on any atom is 0.262 e. The maximum absolute atomic E-state index is 12.3. The van der Waals surface area contributed by atoms with Crippen molar-refractivity contribution in [1.82, 2.24) is 5.32 Å². The molecule has 4 N–H and O–H groups in total. The molecule has 1 aromatic heterocycles. The van der Waals surface area contributed by atoms with Crippen LogP contribution in [-0.2, 0) is 0 Å². The maximum atomic E-state index is 12.3. The highest BCUT2D eigenvalue weighted by atomic mass is 32.1. The van der Waals surface area contributed by atoms with E-state index in [1.165, 1.54) is 11.3 Å². The lowest BCUT2D eigenvalue weighted by molar-refractivity contribution is 0.0377. The van der Waals surface area contributed by atoms with Gasteiger partial charge in [-0.05, 0) is 23.9 Å². The average Bonchev–Trinajstić information content (AvgIpc) is 2.83. The molecule has 2 rings (SSSR count). The highest BCUT2D eigenvalue weighted by Gasteiger charge is 2.31. The number of amides is 1. The predicted octanol–water partition coefficient (Wildman–Crippen LogP) is 0.655. The van der Waals surface area contributed by atoms with Gasteiger partial charge in [0.15, 0.2) is 0 Å². The van der Waals surface area contributed by atoms with Crippen molar-refractivity contribution >= 4 is 27.3 Å². The molecule has 1 amide bonds. The first kappa shape index (κ1) is 14.9. The summed E-state index contributed by atoms with van der Waals surface area (Å²) in [5.74, 6) is -0.402. The van der Waals surface area contributed by atoms with Crippen LogP contribution < -0.4 is 5.32 Å². The third-order valence-corrected chi connectivity index (χ3v) is 4.61. The van der Waals surface area contributed by atoms with E-state index in [1.54, 1.807) is 0 Å². The number of fused-ring (bicyclic) bond motifs is 1. The van der Waals surface area contributed by atoms with Gasteiger partial charge in [-0.1, -0.05) is 18.2 Å². The molecule has 1 aromatic carbocycles. The molecular weight excluding hydrogens is 278 g/mol. The molecule has 108 valence electrons. The van der Waals surface area contributed by atoms with Crippen molar-refractivity contribution in [1.29, 1.82) is 0 Å². The van der Waals surface area contributed by atoms with Crippen LogP contribution in [0.15, 0.2) is 24.3 Å². The third kappa shape index (κ3) is 2.55. The number of aryl methyl sites for hydroxylation is 1. The number of hydrogen-bond donors (Lipinski definition) is 4. The summed E-state index contributed by atoms with van der Waals surface area (Å²) in [4.78, 5) is 12.8. The number of thiophene rings is 1. The molecule has 6 heteroatoms. The fourth-order valence-electron chi connectivity index (χ4n) is 1.96. The summed E-state index contributed by atoms with van der Waals surface area (Å²) in [7, 11) is 0. The Labute approximate surface area is 120 Å². The van der Waals surface area contributed by atoms with Crippen LogP contribution in [0.5, 0.6) is 0 Å². The minimum absolute atomic E-state index is 0.402. The molecular formula is C14H17NO4S. The summed E-state index contributed by atoms with van der Waals surface area (Å²) in [6.45, 7) is 0.257. The lowest BCUT2D eigenvalue weighted by atomic mass is 10.0. The van der Waals surface area contributed by atoms with Gasteiger partial charge in [-0.3, -0.25) is 4.79 Å². The van der Waals surface area contributed by atoms with Crippen LogP contribution in [0.3, 0.4) is 0 Å². The Morgan fingerprint density at radius 3 is 2.35 bits per heavy atom. The molecule has 0 aliphatic rings. The van der Waals surface area contributed by atoms with E-state index in [0.29, 0.717) is 4.88 Å². The van der Waals surface area contributed by atoms with Crippen molar-refractivity contribution in [3.8, 4) is 0 Å². The van der Waals surface area contributed by atoms with Crippen molar-refractivity contribution in [2.45, 2.75) is 12.5 Å². The monoisotopic (exact) mass is 295 g/mol. The number of carbonyl (C=O) groups excluding carboxylic acids is 1. The summed E-state index contributed by atoms with van der Waals surface area (Å²) in [5.41, 5.74) is -0.550. The SMILES string of the molecule is Cc1c(C(=O)NC(CO)(CO)CO)sc2ccccc12. The molecule has 0 spiro atoms. The zero-order valence-electron chi connectivity index (χ0n) is 11.1. The number of carbonyl (C=O) groups is 1. The number of benzene rings is 1. The van der Waals surface area contributed by atoms with Crippen LogP contribution in [0.4, 0.5) is 0 Å². The van der Waals surface area contributed by atoms with Crippen LogP contribution in [0, 0.1) is 6.92 Å². The second kappa shape index (κ2) is 5.88. The number of aliphatic hydroxyl groups excluding tert-OH is 3. The molecule has 5 nitrogen and oxygen atoms in total. The minimum atomic E-state index is -1.40. The molecule has 0 atom stereocenters. The summed E-state index contributed by atoms with van der Waals surface area (Å²) in [5, 5.41) is 31.3. The van der Waals surface area contributed by atoms with Gasteiger partial charge in [-0.2, -0.15) is 0 Å². The Morgan fingerprint density at radius 1 is 1.20 bits per heavy atom. The van der Waals surface area contributed by atoms with Crippen molar-refractivity contribution < 1.29 is 20.1 Å². The van der Waals surface area contributed by atoms with E-state index in [1.807, 2.05) is 31.2 Å². The zero-order chi connectivity index (χ0) is 14.8. The topological polar surface area (TPSA) is 89.8 Å². The van der Waals surface area contributed by atoms with Gasteiger partial charge in [-0.25, -0.2) is 0 Å². The number of rotatable bonds is 5. The van der Waals surface area contributed by atoms with Gasteiger partial charge in [0, 0.05) is 4.70 Å². The third-order valence-electron chi connectivity index (χ3n) is 3.34. The van der Waals surface area contributed by atoms with E-state index in [9.17, 15) is 20.1 Å². The van der Waals surface area contributed by atoms with Gasteiger partial charge in [0.2, 0.25) is 0 Å². The quantitative estimate of drug-likeness (QED) is 0.652.